The molecule has 0 heterocycles. The summed E-state index contributed by atoms with van der Waals surface area (Å²) in [5, 5.41) is 0. The zero-order valence-corrected chi connectivity index (χ0v) is 55.7. The highest BCUT2D eigenvalue weighted by molar-refractivity contribution is 5.71. The van der Waals surface area contributed by atoms with E-state index < -0.39 is 6.10 Å². The molecule has 0 amide bonds. The van der Waals surface area contributed by atoms with Crippen LogP contribution in [0.3, 0.4) is 0 Å². The van der Waals surface area contributed by atoms with Crippen LogP contribution in [0.15, 0.2) is 60.8 Å². The van der Waals surface area contributed by atoms with Crippen LogP contribution in [0.1, 0.15) is 393 Å². The van der Waals surface area contributed by atoms with Crippen molar-refractivity contribution in [3.05, 3.63) is 60.8 Å². The minimum atomic E-state index is -0.768. The lowest BCUT2D eigenvalue weighted by molar-refractivity contribution is -0.167. The van der Waals surface area contributed by atoms with Gasteiger partial charge in [-0.05, 0) is 64.2 Å². The summed E-state index contributed by atoms with van der Waals surface area (Å²) < 4.78 is 17.0. The van der Waals surface area contributed by atoms with Gasteiger partial charge in [0.2, 0.25) is 0 Å². The van der Waals surface area contributed by atoms with Crippen LogP contribution >= 0.6 is 0 Å². The molecule has 0 aliphatic heterocycles. The molecule has 0 saturated carbocycles. The van der Waals surface area contributed by atoms with Gasteiger partial charge in [0.25, 0.3) is 0 Å². The summed E-state index contributed by atoms with van der Waals surface area (Å²) in [5.74, 6) is -0.839. The van der Waals surface area contributed by atoms with Crippen LogP contribution in [0.5, 0.6) is 0 Å². The third kappa shape index (κ3) is 69.8. The van der Waals surface area contributed by atoms with E-state index in [-0.39, 0.29) is 31.1 Å². The normalized spacial score (nSPS) is 12.4. The Labute approximate surface area is 517 Å². The van der Waals surface area contributed by atoms with Gasteiger partial charge in [0.15, 0.2) is 6.10 Å². The molecule has 0 spiro atoms. The van der Waals surface area contributed by atoms with Gasteiger partial charge in [-0.3, -0.25) is 14.4 Å². The number of allylic oxidation sites excluding steroid dienone is 10. The van der Waals surface area contributed by atoms with Crippen molar-refractivity contribution in [1.29, 1.82) is 0 Å². The van der Waals surface area contributed by atoms with Crippen molar-refractivity contribution < 1.29 is 28.6 Å². The molecule has 1 atom stereocenters. The molecule has 0 N–H and O–H groups in total. The van der Waals surface area contributed by atoms with Gasteiger partial charge in [0, 0.05) is 19.3 Å². The van der Waals surface area contributed by atoms with Crippen molar-refractivity contribution in [3.8, 4) is 0 Å². The SMILES string of the molecule is CC/C=C\C/C=C\C/C=C\C/C=C\C/C=C\CCCCCCCCCCCCCCCCCCCCCC(=O)OCC(COC(=O)CCCCCCCCCCC)OC(=O)CCCCCCCCCCCCCCCCCCCCCCC. The van der Waals surface area contributed by atoms with Crippen LogP contribution in [0, 0.1) is 0 Å². The van der Waals surface area contributed by atoms with Crippen molar-refractivity contribution in [1.82, 2.24) is 0 Å². The fourth-order valence-electron chi connectivity index (χ4n) is 11.1. The molecule has 1 unspecified atom stereocenters. The summed E-state index contributed by atoms with van der Waals surface area (Å²) in [7, 11) is 0. The maximum absolute atomic E-state index is 12.9. The fourth-order valence-corrected chi connectivity index (χ4v) is 11.1. The Bertz CT molecular complexity index is 1470. The topological polar surface area (TPSA) is 78.9 Å². The smallest absolute Gasteiger partial charge is 0.306 e. The summed E-state index contributed by atoms with van der Waals surface area (Å²) >= 11 is 0. The zero-order valence-electron chi connectivity index (χ0n) is 55.7. The number of carbonyl (C=O) groups excluding carboxylic acids is 3. The Balaban J connectivity index is 4.03. The molecular weight excluding hydrogens is 1020 g/mol. The molecule has 0 fully saturated rings. The molecular formula is C77H140O6. The molecule has 0 aromatic carbocycles. The molecule has 83 heavy (non-hydrogen) atoms. The Morgan fingerprint density at radius 2 is 0.470 bits per heavy atom. The lowest BCUT2D eigenvalue weighted by Crippen LogP contribution is -2.30. The second kappa shape index (κ2) is 71.6. The maximum Gasteiger partial charge on any atom is 0.306 e. The molecule has 0 aromatic rings. The van der Waals surface area contributed by atoms with Gasteiger partial charge in [-0.15, -0.1) is 0 Å². The molecule has 0 aliphatic rings. The van der Waals surface area contributed by atoms with Crippen LogP contribution in [-0.2, 0) is 28.6 Å². The highest BCUT2D eigenvalue weighted by Gasteiger charge is 2.19. The van der Waals surface area contributed by atoms with Crippen LogP contribution in [0.4, 0.5) is 0 Å². The quantitative estimate of drug-likeness (QED) is 0.0261. The molecule has 0 saturated heterocycles. The van der Waals surface area contributed by atoms with E-state index in [9.17, 15) is 14.4 Å². The van der Waals surface area contributed by atoms with Gasteiger partial charge in [0.05, 0.1) is 0 Å². The maximum atomic E-state index is 12.9. The minimum Gasteiger partial charge on any atom is -0.462 e. The predicted molar refractivity (Wildman–Crippen MR) is 362 cm³/mol. The largest absolute Gasteiger partial charge is 0.462 e. The first-order valence-corrected chi connectivity index (χ1v) is 36.8. The zero-order chi connectivity index (χ0) is 59.9. The molecule has 484 valence electrons. The average molecular weight is 1160 g/mol. The van der Waals surface area contributed by atoms with Crippen LogP contribution in [0.25, 0.3) is 0 Å². The number of hydrogen-bond acceptors (Lipinski definition) is 6. The third-order valence-corrected chi connectivity index (χ3v) is 16.5. The van der Waals surface area contributed by atoms with E-state index in [0.717, 1.165) is 89.9 Å². The first-order valence-electron chi connectivity index (χ1n) is 36.8. The van der Waals surface area contributed by atoms with Crippen molar-refractivity contribution in [2.75, 3.05) is 13.2 Å². The summed E-state index contributed by atoms with van der Waals surface area (Å²) in [4.78, 5) is 38.3. The number of carbonyl (C=O) groups is 3. The first-order chi connectivity index (χ1) is 41.0. The van der Waals surface area contributed by atoms with Gasteiger partial charge in [-0.25, -0.2) is 0 Å². The lowest BCUT2D eigenvalue weighted by atomic mass is 10.0. The fraction of sp³-hybridized carbons (Fsp3) is 0.831. The second-order valence-electron chi connectivity index (χ2n) is 24.8. The summed E-state index contributed by atoms with van der Waals surface area (Å²) in [6, 6.07) is 0. The molecule has 0 aliphatic carbocycles. The van der Waals surface area contributed by atoms with E-state index in [1.807, 2.05) is 0 Å². The lowest BCUT2D eigenvalue weighted by Gasteiger charge is -2.18. The Morgan fingerprint density at radius 1 is 0.253 bits per heavy atom. The first kappa shape index (κ1) is 80.1. The van der Waals surface area contributed by atoms with Crippen LogP contribution in [-0.4, -0.2) is 37.2 Å². The summed E-state index contributed by atoms with van der Waals surface area (Å²) in [6.07, 6.45) is 92.8. The van der Waals surface area contributed by atoms with Crippen LogP contribution in [0.2, 0.25) is 0 Å². The number of rotatable bonds is 68. The van der Waals surface area contributed by atoms with Crippen molar-refractivity contribution in [3.63, 3.8) is 0 Å². The molecule has 0 bridgehead atoms. The van der Waals surface area contributed by atoms with E-state index in [1.54, 1.807) is 0 Å². The summed E-state index contributed by atoms with van der Waals surface area (Å²) in [5.41, 5.74) is 0. The van der Waals surface area contributed by atoms with Gasteiger partial charge >= 0.3 is 17.9 Å². The Morgan fingerprint density at radius 3 is 0.735 bits per heavy atom. The molecule has 0 rings (SSSR count). The van der Waals surface area contributed by atoms with E-state index in [4.69, 9.17) is 14.2 Å². The summed E-state index contributed by atoms with van der Waals surface area (Å²) in [6.45, 7) is 6.58. The predicted octanol–water partition coefficient (Wildman–Crippen LogP) is 25.5. The van der Waals surface area contributed by atoms with Gasteiger partial charge in [-0.2, -0.15) is 0 Å². The van der Waals surface area contributed by atoms with E-state index in [2.05, 4.69) is 81.5 Å². The number of esters is 3. The standard InChI is InChI=1S/C77H140O6/c1-4-7-10-13-16-19-21-23-25-27-29-31-32-33-34-35-36-37-38-39-40-41-42-43-44-46-47-49-51-53-55-58-61-64-67-70-76(79)82-73-74(72-81-75(78)69-66-63-60-57-18-15-12-9-6-3)83-77(80)71-68-65-62-59-56-54-52-50-48-45-30-28-26-24-22-20-17-14-11-8-5-2/h7,10,16,19,23,25,29,31,33-34,74H,4-6,8-9,11-15,17-18,20-22,24,26-28,30,32,35-73H2,1-3H3/b10-7-,19-16-,25-23-,31-29-,34-33-. The third-order valence-electron chi connectivity index (χ3n) is 16.5. The van der Waals surface area contributed by atoms with Crippen molar-refractivity contribution in [2.24, 2.45) is 0 Å². The van der Waals surface area contributed by atoms with E-state index >= 15 is 0 Å². The van der Waals surface area contributed by atoms with Gasteiger partial charge in [0.1, 0.15) is 13.2 Å². The molecule has 6 nitrogen and oxygen atoms in total. The average Bonchev–Trinajstić information content (AvgIpc) is 3.49. The molecule has 0 aromatic heterocycles. The van der Waals surface area contributed by atoms with Crippen LogP contribution < -0.4 is 0 Å². The number of unbranched alkanes of at least 4 members (excludes halogenated alkanes) is 47. The monoisotopic (exact) mass is 1160 g/mol. The highest BCUT2D eigenvalue weighted by atomic mass is 16.6. The van der Waals surface area contributed by atoms with E-state index in [0.29, 0.717) is 19.3 Å². The Kier molecular flexibility index (Phi) is 69.1. The number of ether oxygens (including phenoxy) is 3. The van der Waals surface area contributed by atoms with E-state index in [1.165, 1.54) is 263 Å². The second-order valence-corrected chi connectivity index (χ2v) is 24.8. The van der Waals surface area contributed by atoms with Crippen molar-refractivity contribution >= 4 is 17.9 Å². The number of hydrogen-bond donors (Lipinski definition) is 0. The molecule has 6 heteroatoms. The minimum absolute atomic E-state index is 0.0659. The van der Waals surface area contributed by atoms with Crippen molar-refractivity contribution in [2.45, 2.75) is 399 Å². The van der Waals surface area contributed by atoms with Gasteiger partial charge < -0.3 is 14.2 Å². The molecule has 0 radical (unpaired) electrons. The van der Waals surface area contributed by atoms with Gasteiger partial charge in [-0.1, -0.05) is 370 Å². The Hall–Kier alpha value is -2.89. The highest BCUT2D eigenvalue weighted by Crippen LogP contribution is 2.19.